The topological polar surface area (TPSA) is 55.5 Å². The smallest absolute Gasteiger partial charge is 0.115 e. The van der Waals surface area contributed by atoms with Gasteiger partial charge in [-0.2, -0.15) is 0 Å². The second-order valence-corrected chi connectivity index (χ2v) is 2.29. The van der Waals surface area contributed by atoms with Crippen LogP contribution < -0.4 is 5.90 Å². The van der Waals surface area contributed by atoms with Gasteiger partial charge < -0.3 is 9.94 Å². The van der Waals surface area contributed by atoms with Crippen LogP contribution in [0.25, 0.3) is 0 Å². The summed E-state index contributed by atoms with van der Waals surface area (Å²) >= 11 is 0. The molecule has 3 nitrogen and oxygen atoms in total. The average molecular weight is 153 g/mol. The SMILES string of the molecule is NOCCc1cccc(O)c1. The van der Waals surface area contributed by atoms with Crippen molar-refractivity contribution in [2.45, 2.75) is 6.42 Å². The maximum Gasteiger partial charge on any atom is 0.115 e. The molecule has 0 spiro atoms. The average Bonchev–Trinajstić information content (AvgIpc) is 2.01. The Morgan fingerprint density at radius 3 is 2.91 bits per heavy atom. The number of hydrogen-bond donors (Lipinski definition) is 2. The van der Waals surface area contributed by atoms with Crippen LogP contribution in [0.2, 0.25) is 0 Å². The van der Waals surface area contributed by atoms with Gasteiger partial charge in [-0.15, -0.1) is 0 Å². The van der Waals surface area contributed by atoms with Gasteiger partial charge in [0, 0.05) is 0 Å². The predicted molar refractivity (Wildman–Crippen MR) is 42.0 cm³/mol. The molecule has 11 heavy (non-hydrogen) atoms. The molecule has 0 amide bonds. The molecule has 3 heteroatoms. The highest BCUT2D eigenvalue weighted by molar-refractivity contribution is 5.27. The van der Waals surface area contributed by atoms with Crippen molar-refractivity contribution in [3.8, 4) is 5.75 Å². The molecule has 0 fully saturated rings. The molecule has 1 aromatic carbocycles. The number of benzene rings is 1. The molecule has 0 bridgehead atoms. The number of aromatic hydroxyl groups is 1. The fourth-order valence-corrected chi connectivity index (χ4v) is 0.889. The second-order valence-electron chi connectivity index (χ2n) is 2.29. The summed E-state index contributed by atoms with van der Waals surface area (Å²) in [7, 11) is 0. The Bertz CT molecular complexity index is 225. The fourth-order valence-electron chi connectivity index (χ4n) is 0.889. The summed E-state index contributed by atoms with van der Waals surface area (Å²) in [6, 6.07) is 7.03. The van der Waals surface area contributed by atoms with E-state index in [1.54, 1.807) is 18.2 Å². The van der Waals surface area contributed by atoms with Crippen LogP contribution in [0.4, 0.5) is 0 Å². The largest absolute Gasteiger partial charge is 0.508 e. The van der Waals surface area contributed by atoms with Crippen LogP contribution in [0.15, 0.2) is 24.3 Å². The summed E-state index contributed by atoms with van der Waals surface area (Å²) in [5, 5.41) is 9.04. The van der Waals surface area contributed by atoms with Crippen molar-refractivity contribution in [3.63, 3.8) is 0 Å². The van der Waals surface area contributed by atoms with E-state index in [1.807, 2.05) is 6.07 Å². The fraction of sp³-hybridized carbons (Fsp3) is 0.250. The molecule has 0 unspecified atom stereocenters. The molecule has 0 saturated heterocycles. The molecule has 1 rings (SSSR count). The molecule has 0 aromatic heterocycles. The molecule has 0 aliphatic rings. The van der Waals surface area contributed by atoms with Gasteiger partial charge in [0.1, 0.15) is 5.75 Å². The summed E-state index contributed by atoms with van der Waals surface area (Å²) in [4.78, 5) is 4.40. The zero-order valence-corrected chi connectivity index (χ0v) is 6.16. The number of hydrogen-bond acceptors (Lipinski definition) is 3. The second kappa shape index (κ2) is 3.95. The van der Waals surface area contributed by atoms with E-state index in [0.29, 0.717) is 6.61 Å². The van der Waals surface area contributed by atoms with Crippen LogP contribution in [0, 0.1) is 0 Å². The standard InChI is InChI=1S/C8H11NO2/c9-11-5-4-7-2-1-3-8(10)6-7/h1-3,6,10H,4-5,9H2. The van der Waals surface area contributed by atoms with Gasteiger partial charge in [-0.3, -0.25) is 0 Å². The first-order chi connectivity index (χ1) is 5.33. The van der Waals surface area contributed by atoms with Crippen LogP contribution in [-0.4, -0.2) is 11.7 Å². The minimum absolute atomic E-state index is 0.277. The zero-order chi connectivity index (χ0) is 8.10. The third kappa shape index (κ3) is 2.57. The van der Waals surface area contributed by atoms with Crippen molar-refractivity contribution in [1.82, 2.24) is 0 Å². The Morgan fingerprint density at radius 2 is 2.27 bits per heavy atom. The van der Waals surface area contributed by atoms with Crippen LogP contribution in [0.5, 0.6) is 5.75 Å². The minimum atomic E-state index is 0.277. The third-order valence-corrected chi connectivity index (χ3v) is 1.42. The van der Waals surface area contributed by atoms with Crippen LogP contribution >= 0.6 is 0 Å². The van der Waals surface area contributed by atoms with Crippen molar-refractivity contribution in [2.24, 2.45) is 5.90 Å². The third-order valence-electron chi connectivity index (χ3n) is 1.42. The summed E-state index contributed by atoms with van der Waals surface area (Å²) in [6.45, 7) is 0.476. The number of nitrogens with two attached hydrogens (primary N) is 1. The van der Waals surface area contributed by atoms with E-state index in [9.17, 15) is 0 Å². The van der Waals surface area contributed by atoms with E-state index in [1.165, 1.54) is 0 Å². The highest BCUT2D eigenvalue weighted by Gasteiger charge is 1.92. The lowest BCUT2D eigenvalue weighted by atomic mass is 10.1. The van der Waals surface area contributed by atoms with E-state index < -0.39 is 0 Å². The first-order valence-electron chi connectivity index (χ1n) is 3.42. The Morgan fingerprint density at radius 1 is 1.45 bits per heavy atom. The minimum Gasteiger partial charge on any atom is -0.508 e. The van der Waals surface area contributed by atoms with Gasteiger partial charge in [0.2, 0.25) is 0 Å². The maximum absolute atomic E-state index is 9.04. The monoisotopic (exact) mass is 153 g/mol. The molecule has 0 aliphatic heterocycles. The number of rotatable bonds is 3. The predicted octanol–water partition coefficient (Wildman–Crippen LogP) is 0.825. The molecule has 3 N–H and O–H groups in total. The van der Waals surface area contributed by atoms with Gasteiger partial charge in [-0.05, 0) is 24.1 Å². The van der Waals surface area contributed by atoms with E-state index in [-0.39, 0.29) is 5.75 Å². The first kappa shape index (κ1) is 8.04. The molecule has 0 radical (unpaired) electrons. The lowest BCUT2D eigenvalue weighted by molar-refractivity contribution is 0.141. The lowest BCUT2D eigenvalue weighted by Gasteiger charge is -1.99. The van der Waals surface area contributed by atoms with E-state index in [2.05, 4.69) is 4.84 Å². The molecule has 0 saturated carbocycles. The van der Waals surface area contributed by atoms with Crippen molar-refractivity contribution < 1.29 is 9.94 Å². The van der Waals surface area contributed by atoms with Gasteiger partial charge in [0.05, 0.1) is 6.61 Å². The van der Waals surface area contributed by atoms with Gasteiger partial charge in [0.15, 0.2) is 0 Å². The molecule has 60 valence electrons. The Balaban J connectivity index is 2.56. The summed E-state index contributed by atoms with van der Waals surface area (Å²) in [6.07, 6.45) is 0.727. The molecule has 0 aliphatic carbocycles. The molecule has 1 aromatic rings. The highest BCUT2D eigenvalue weighted by Crippen LogP contribution is 2.10. The Hall–Kier alpha value is -1.06. The Labute approximate surface area is 65.4 Å². The maximum atomic E-state index is 9.04. The summed E-state index contributed by atoms with van der Waals surface area (Å²) in [5.74, 6) is 5.13. The van der Waals surface area contributed by atoms with Gasteiger partial charge in [-0.1, -0.05) is 12.1 Å². The first-order valence-corrected chi connectivity index (χ1v) is 3.42. The van der Waals surface area contributed by atoms with Crippen molar-refractivity contribution in [3.05, 3.63) is 29.8 Å². The van der Waals surface area contributed by atoms with Crippen molar-refractivity contribution >= 4 is 0 Å². The normalized spacial score (nSPS) is 9.91. The quantitative estimate of drug-likeness (QED) is 0.632. The van der Waals surface area contributed by atoms with Gasteiger partial charge in [-0.25, -0.2) is 5.90 Å². The van der Waals surface area contributed by atoms with Gasteiger partial charge >= 0.3 is 0 Å². The van der Waals surface area contributed by atoms with Crippen LogP contribution in [-0.2, 0) is 11.3 Å². The molecule has 0 atom stereocenters. The summed E-state index contributed by atoms with van der Waals surface area (Å²) < 4.78 is 0. The van der Waals surface area contributed by atoms with Crippen LogP contribution in [0.1, 0.15) is 5.56 Å². The molecular formula is C8H11NO2. The van der Waals surface area contributed by atoms with E-state index >= 15 is 0 Å². The lowest BCUT2D eigenvalue weighted by Crippen LogP contribution is -2.03. The van der Waals surface area contributed by atoms with E-state index in [0.717, 1.165) is 12.0 Å². The van der Waals surface area contributed by atoms with Crippen LogP contribution in [0.3, 0.4) is 0 Å². The molecular weight excluding hydrogens is 142 g/mol. The number of phenolic OH excluding ortho intramolecular Hbond substituents is 1. The van der Waals surface area contributed by atoms with Gasteiger partial charge in [0.25, 0.3) is 0 Å². The Kier molecular flexibility index (Phi) is 2.89. The zero-order valence-electron chi connectivity index (χ0n) is 6.16. The van der Waals surface area contributed by atoms with Crippen molar-refractivity contribution in [2.75, 3.05) is 6.61 Å². The number of phenols is 1. The summed E-state index contributed by atoms with van der Waals surface area (Å²) in [5.41, 5.74) is 1.02. The highest BCUT2D eigenvalue weighted by atomic mass is 16.6. The van der Waals surface area contributed by atoms with E-state index in [4.69, 9.17) is 11.0 Å². The van der Waals surface area contributed by atoms with Crippen molar-refractivity contribution in [1.29, 1.82) is 0 Å². The molecule has 0 heterocycles.